The SMILES string of the molecule is Cc1ccc(S(=O)(=O)N=C(C[NH+]2CCCC2)N2CCN(S(=O)(=O)c3ccccc3)C2C(C)C)cc1. The second-order valence-electron chi connectivity index (χ2n) is 9.71. The number of quaternary nitrogens is 1. The molecular formula is C25H35N4O4S2+. The summed E-state index contributed by atoms with van der Waals surface area (Å²) in [6.45, 7) is 8.86. The Kier molecular flexibility index (Phi) is 7.65. The van der Waals surface area contributed by atoms with Crippen LogP contribution in [0.1, 0.15) is 32.3 Å². The molecule has 0 spiro atoms. The number of amidine groups is 1. The van der Waals surface area contributed by atoms with Crippen LogP contribution in [0.3, 0.4) is 0 Å². The molecule has 35 heavy (non-hydrogen) atoms. The summed E-state index contributed by atoms with van der Waals surface area (Å²) in [4.78, 5) is 3.56. The lowest BCUT2D eigenvalue weighted by molar-refractivity contribution is -0.878. The average Bonchev–Trinajstić information content (AvgIpc) is 3.50. The maximum atomic E-state index is 13.5. The topological polar surface area (TPSA) is 91.6 Å². The van der Waals surface area contributed by atoms with E-state index in [4.69, 9.17) is 0 Å². The molecule has 2 aromatic rings. The van der Waals surface area contributed by atoms with E-state index in [2.05, 4.69) is 4.40 Å². The van der Waals surface area contributed by atoms with Crippen LogP contribution in [0.25, 0.3) is 0 Å². The van der Waals surface area contributed by atoms with Crippen molar-refractivity contribution in [3.63, 3.8) is 0 Å². The maximum Gasteiger partial charge on any atom is 0.284 e. The van der Waals surface area contributed by atoms with Gasteiger partial charge in [-0.2, -0.15) is 12.7 Å². The minimum absolute atomic E-state index is 0.0724. The molecule has 0 aliphatic carbocycles. The molecule has 0 radical (unpaired) electrons. The second kappa shape index (κ2) is 10.4. The van der Waals surface area contributed by atoms with Crippen molar-refractivity contribution in [2.75, 3.05) is 32.7 Å². The highest BCUT2D eigenvalue weighted by molar-refractivity contribution is 7.90. The normalized spacial score (nSPS) is 20.7. The van der Waals surface area contributed by atoms with Crippen LogP contribution >= 0.6 is 0 Å². The molecule has 2 saturated heterocycles. The number of hydrogen-bond acceptors (Lipinski definition) is 4. The van der Waals surface area contributed by atoms with Gasteiger partial charge in [0.15, 0.2) is 5.84 Å². The first-order valence-corrected chi connectivity index (χ1v) is 15.1. The molecule has 0 amide bonds. The highest BCUT2D eigenvalue weighted by Crippen LogP contribution is 2.29. The molecule has 1 unspecified atom stereocenters. The van der Waals surface area contributed by atoms with Crippen LogP contribution in [0, 0.1) is 12.8 Å². The molecule has 2 heterocycles. The molecule has 10 heteroatoms. The van der Waals surface area contributed by atoms with Gasteiger partial charge in [-0.05, 0) is 37.1 Å². The van der Waals surface area contributed by atoms with Gasteiger partial charge in [0.05, 0.1) is 29.0 Å². The fourth-order valence-corrected chi connectivity index (χ4v) is 7.72. The van der Waals surface area contributed by atoms with E-state index >= 15 is 0 Å². The predicted octanol–water partition coefficient (Wildman–Crippen LogP) is 1.75. The van der Waals surface area contributed by atoms with Crippen molar-refractivity contribution in [2.24, 2.45) is 10.3 Å². The third-order valence-corrected chi connectivity index (χ3v) is 9.92. The van der Waals surface area contributed by atoms with Gasteiger partial charge in [0, 0.05) is 25.9 Å². The van der Waals surface area contributed by atoms with Gasteiger partial charge in [0.1, 0.15) is 6.54 Å². The number of benzene rings is 2. The molecule has 8 nitrogen and oxygen atoms in total. The zero-order valence-electron chi connectivity index (χ0n) is 20.6. The lowest BCUT2D eigenvalue weighted by Gasteiger charge is -2.34. The van der Waals surface area contributed by atoms with E-state index in [1.54, 1.807) is 54.6 Å². The van der Waals surface area contributed by atoms with Crippen molar-refractivity contribution in [3.05, 3.63) is 60.2 Å². The van der Waals surface area contributed by atoms with Crippen LogP contribution in [0.5, 0.6) is 0 Å². The second-order valence-corrected chi connectivity index (χ2v) is 13.2. The van der Waals surface area contributed by atoms with E-state index in [9.17, 15) is 16.8 Å². The Morgan fingerprint density at radius 1 is 0.943 bits per heavy atom. The Labute approximate surface area is 209 Å². The van der Waals surface area contributed by atoms with Crippen molar-refractivity contribution < 1.29 is 21.7 Å². The Morgan fingerprint density at radius 3 is 2.17 bits per heavy atom. The largest absolute Gasteiger partial charge is 0.336 e. The van der Waals surface area contributed by atoms with E-state index in [0.29, 0.717) is 18.9 Å². The number of rotatable bonds is 7. The first-order chi connectivity index (χ1) is 16.6. The molecule has 0 saturated carbocycles. The zero-order valence-corrected chi connectivity index (χ0v) is 22.2. The van der Waals surface area contributed by atoms with Crippen LogP contribution < -0.4 is 4.90 Å². The van der Waals surface area contributed by atoms with Gasteiger partial charge >= 0.3 is 0 Å². The number of nitrogens with zero attached hydrogens (tertiary/aromatic N) is 3. The molecule has 4 rings (SSSR count). The predicted molar refractivity (Wildman–Crippen MR) is 136 cm³/mol. The summed E-state index contributed by atoms with van der Waals surface area (Å²) in [7, 11) is -7.69. The minimum atomic E-state index is -3.94. The lowest BCUT2D eigenvalue weighted by atomic mass is 10.1. The van der Waals surface area contributed by atoms with Crippen molar-refractivity contribution in [1.82, 2.24) is 9.21 Å². The van der Waals surface area contributed by atoms with Crippen LogP contribution in [-0.4, -0.2) is 70.8 Å². The standard InChI is InChI=1S/C25H34N4O4S2/c1-20(2)25-28(17-18-29(25)35(32,33)23-9-5-4-6-10-23)24(19-27-15-7-8-16-27)26-34(30,31)22-13-11-21(3)12-14-22/h4-6,9-14,20,25H,7-8,15-19H2,1-3H3/p+1. The minimum Gasteiger partial charge on any atom is -0.336 e. The highest BCUT2D eigenvalue weighted by Gasteiger charge is 2.44. The number of likely N-dealkylation sites (tertiary alicyclic amines) is 1. The van der Waals surface area contributed by atoms with Crippen molar-refractivity contribution in [3.8, 4) is 0 Å². The van der Waals surface area contributed by atoms with Crippen LogP contribution in [-0.2, 0) is 20.0 Å². The van der Waals surface area contributed by atoms with E-state index in [1.807, 2.05) is 25.7 Å². The first-order valence-electron chi connectivity index (χ1n) is 12.2. The van der Waals surface area contributed by atoms with Crippen LogP contribution in [0.4, 0.5) is 0 Å². The Morgan fingerprint density at radius 2 is 1.57 bits per heavy atom. The number of sulfonamides is 2. The summed E-state index contributed by atoms with van der Waals surface area (Å²) in [5, 5.41) is 0. The summed E-state index contributed by atoms with van der Waals surface area (Å²) in [6, 6.07) is 15.1. The summed E-state index contributed by atoms with van der Waals surface area (Å²) in [5.41, 5.74) is 0.968. The maximum absolute atomic E-state index is 13.5. The Hall–Kier alpha value is -2.27. The molecule has 0 bridgehead atoms. The monoisotopic (exact) mass is 519 g/mol. The van der Waals surface area contributed by atoms with Crippen molar-refractivity contribution in [1.29, 1.82) is 0 Å². The third-order valence-electron chi connectivity index (χ3n) is 6.72. The molecule has 2 fully saturated rings. The molecule has 1 atom stereocenters. The van der Waals surface area contributed by atoms with Gasteiger partial charge < -0.3 is 9.80 Å². The van der Waals surface area contributed by atoms with Gasteiger partial charge in [-0.25, -0.2) is 8.42 Å². The van der Waals surface area contributed by atoms with Gasteiger partial charge in [-0.3, -0.25) is 0 Å². The van der Waals surface area contributed by atoms with E-state index in [-0.39, 0.29) is 22.3 Å². The smallest absolute Gasteiger partial charge is 0.284 e. The number of hydrogen-bond donors (Lipinski definition) is 1. The van der Waals surface area contributed by atoms with Crippen LogP contribution in [0.15, 0.2) is 68.8 Å². The molecule has 1 N–H and O–H groups in total. The van der Waals surface area contributed by atoms with Gasteiger partial charge in [-0.15, -0.1) is 4.40 Å². The quantitative estimate of drug-likeness (QED) is 0.445. The summed E-state index contributed by atoms with van der Waals surface area (Å²) in [5.74, 6) is 0.365. The molecule has 2 aliphatic rings. The zero-order chi connectivity index (χ0) is 25.2. The van der Waals surface area contributed by atoms with E-state index in [0.717, 1.165) is 31.5 Å². The van der Waals surface area contributed by atoms with Crippen molar-refractivity contribution in [2.45, 2.75) is 49.6 Å². The third kappa shape index (κ3) is 5.61. The van der Waals surface area contributed by atoms with E-state index < -0.39 is 26.2 Å². The molecule has 0 aromatic heterocycles. The average molecular weight is 520 g/mol. The first kappa shape index (κ1) is 25.8. The molecule has 2 aromatic carbocycles. The van der Waals surface area contributed by atoms with Gasteiger partial charge in [0.2, 0.25) is 10.0 Å². The Balaban J connectivity index is 1.73. The molecule has 190 valence electrons. The lowest BCUT2D eigenvalue weighted by Crippen LogP contribution is -3.11. The number of nitrogens with one attached hydrogen (secondary N) is 1. The summed E-state index contributed by atoms with van der Waals surface area (Å²) in [6.07, 6.45) is 1.67. The highest BCUT2D eigenvalue weighted by atomic mass is 32.2. The molecule has 2 aliphatic heterocycles. The van der Waals surface area contributed by atoms with Crippen LogP contribution in [0.2, 0.25) is 0 Å². The number of aryl methyl sites for hydroxylation is 1. The molecular weight excluding hydrogens is 484 g/mol. The fourth-order valence-electron chi connectivity index (χ4n) is 4.95. The van der Waals surface area contributed by atoms with Crippen molar-refractivity contribution >= 4 is 25.9 Å². The Bertz CT molecular complexity index is 1250. The summed E-state index contributed by atoms with van der Waals surface area (Å²) >= 11 is 0. The summed E-state index contributed by atoms with van der Waals surface area (Å²) < 4.78 is 59.5. The fraction of sp³-hybridized carbons (Fsp3) is 0.480. The van der Waals surface area contributed by atoms with Gasteiger partial charge in [0.25, 0.3) is 10.0 Å². The van der Waals surface area contributed by atoms with E-state index in [1.165, 1.54) is 9.21 Å². The van der Waals surface area contributed by atoms with Gasteiger partial charge in [-0.1, -0.05) is 49.7 Å².